The van der Waals surface area contributed by atoms with Crippen LogP contribution in [0.5, 0.6) is 0 Å². The molecule has 0 radical (unpaired) electrons. The van der Waals surface area contributed by atoms with Gasteiger partial charge in [-0.15, -0.1) is 0 Å². The number of hydrogen-bond donors (Lipinski definition) is 2. The maximum atomic E-state index is 4.97. The van der Waals surface area contributed by atoms with Gasteiger partial charge in [0.1, 0.15) is 0 Å². The van der Waals surface area contributed by atoms with Gasteiger partial charge in [0.2, 0.25) is 0 Å². The molecule has 2 N–H and O–H groups in total. The SMILES string of the molecule is CCCCc1c(C)c2cc3nc(nc4nc(cc5[nH]c(cc1[nH]2)c(CCCC)c5C)C(C)=C4C)C(C)=C3C. The number of rotatable bonds is 6. The number of nitrogens with zero attached hydrogens (tertiary/aromatic N) is 3. The molecular weight excluding hydrogens is 466 g/mol. The third kappa shape index (κ3) is 4.53. The van der Waals surface area contributed by atoms with E-state index in [0.29, 0.717) is 0 Å². The Morgan fingerprint density at radius 3 is 1.34 bits per heavy atom. The van der Waals surface area contributed by atoms with Gasteiger partial charge < -0.3 is 9.97 Å². The molecule has 0 aromatic carbocycles. The van der Waals surface area contributed by atoms with Gasteiger partial charge in [-0.2, -0.15) is 0 Å². The first-order chi connectivity index (χ1) is 18.2. The summed E-state index contributed by atoms with van der Waals surface area (Å²) in [6.07, 6.45) is 6.81. The Labute approximate surface area is 226 Å². The van der Waals surface area contributed by atoms with Gasteiger partial charge in [0.15, 0.2) is 11.6 Å². The Balaban J connectivity index is 1.94. The smallest absolute Gasteiger partial charge is 0.158 e. The van der Waals surface area contributed by atoms with Crippen LogP contribution < -0.4 is 0 Å². The summed E-state index contributed by atoms with van der Waals surface area (Å²) in [5.41, 5.74) is 16.6. The summed E-state index contributed by atoms with van der Waals surface area (Å²) in [6, 6.07) is 6.75. The van der Waals surface area contributed by atoms with E-state index in [2.05, 4.69) is 83.6 Å². The minimum absolute atomic E-state index is 0.760. The van der Waals surface area contributed by atoms with E-state index in [1.807, 2.05) is 0 Å². The lowest BCUT2D eigenvalue weighted by Gasteiger charge is -2.01. The van der Waals surface area contributed by atoms with Crippen LogP contribution in [0.25, 0.3) is 44.4 Å². The number of aryl methyl sites for hydroxylation is 4. The van der Waals surface area contributed by atoms with E-state index in [0.717, 1.165) is 58.1 Å². The highest BCUT2D eigenvalue weighted by Crippen LogP contribution is 2.33. The molecular formula is C33H41N5. The van der Waals surface area contributed by atoms with Crippen molar-refractivity contribution >= 4 is 44.4 Å². The normalized spacial score (nSPS) is 13.7. The molecule has 3 aromatic heterocycles. The first-order valence-corrected chi connectivity index (χ1v) is 14.2. The summed E-state index contributed by atoms with van der Waals surface area (Å²) in [7, 11) is 0. The van der Waals surface area contributed by atoms with Crippen molar-refractivity contribution in [3.8, 4) is 0 Å². The van der Waals surface area contributed by atoms with Gasteiger partial charge in [-0.1, -0.05) is 26.7 Å². The number of nitrogens with one attached hydrogen (secondary N) is 2. The lowest BCUT2D eigenvalue weighted by Crippen LogP contribution is -1.90. The van der Waals surface area contributed by atoms with Crippen LogP contribution in [0.4, 0.5) is 0 Å². The molecule has 0 spiro atoms. The average Bonchev–Trinajstić information content (AvgIpc) is 3.53. The van der Waals surface area contributed by atoms with E-state index in [4.69, 9.17) is 15.0 Å². The van der Waals surface area contributed by atoms with E-state index >= 15 is 0 Å². The molecule has 5 heterocycles. The van der Waals surface area contributed by atoms with Gasteiger partial charge in [-0.05, 0) is 130 Å². The van der Waals surface area contributed by atoms with Crippen molar-refractivity contribution < 1.29 is 0 Å². The van der Waals surface area contributed by atoms with Crippen molar-refractivity contribution in [2.24, 2.45) is 0 Å². The maximum Gasteiger partial charge on any atom is 0.158 e. The third-order valence-electron chi connectivity index (χ3n) is 8.54. The van der Waals surface area contributed by atoms with E-state index in [1.54, 1.807) is 0 Å². The summed E-state index contributed by atoms with van der Waals surface area (Å²) in [5, 5.41) is 0. The van der Waals surface area contributed by atoms with E-state index in [-0.39, 0.29) is 0 Å². The van der Waals surface area contributed by atoms with Crippen molar-refractivity contribution in [1.82, 2.24) is 24.9 Å². The monoisotopic (exact) mass is 507 g/mol. The van der Waals surface area contributed by atoms with Crippen LogP contribution in [0.3, 0.4) is 0 Å². The average molecular weight is 508 g/mol. The molecule has 5 rings (SSSR count). The molecule has 0 amide bonds. The number of aromatic nitrogens is 5. The Morgan fingerprint density at radius 1 is 0.526 bits per heavy atom. The molecule has 5 heteroatoms. The maximum absolute atomic E-state index is 4.97. The second-order valence-corrected chi connectivity index (χ2v) is 11.0. The zero-order valence-electron chi connectivity index (χ0n) is 24.3. The lowest BCUT2D eigenvalue weighted by atomic mass is 10.0. The number of aromatic amines is 2. The van der Waals surface area contributed by atoms with Crippen molar-refractivity contribution in [2.45, 2.75) is 93.9 Å². The summed E-state index contributed by atoms with van der Waals surface area (Å²) in [6.45, 7) is 17.5. The summed E-state index contributed by atoms with van der Waals surface area (Å²) in [5.74, 6) is 1.52. The zero-order chi connectivity index (χ0) is 27.1. The quantitative estimate of drug-likeness (QED) is 0.350. The largest absolute Gasteiger partial charge is 0.355 e. The molecule has 0 saturated carbocycles. The van der Waals surface area contributed by atoms with Crippen LogP contribution in [0.15, 0.2) is 18.2 Å². The van der Waals surface area contributed by atoms with Gasteiger partial charge in [-0.3, -0.25) is 0 Å². The van der Waals surface area contributed by atoms with Gasteiger partial charge in [0, 0.05) is 22.1 Å². The van der Waals surface area contributed by atoms with E-state index < -0.39 is 0 Å². The Bertz CT molecular complexity index is 1520. The molecule has 0 saturated heterocycles. The second-order valence-electron chi connectivity index (χ2n) is 11.0. The first-order valence-electron chi connectivity index (χ1n) is 14.2. The first kappa shape index (κ1) is 26.1. The van der Waals surface area contributed by atoms with E-state index in [1.165, 1.54) is 70.1 Å². The molecule has 2 aliphatic rings. The molecule has 2 aliphatic heterocycles. The highest BCUT2D eigenvalue weighted by atomic mass is 15.0. The molecule has 198 valence electrons. The van der Waals surface area contributed by atoms with Crippen molar-refractivity contribution in [3.63, 3.8) is 0 Å². The highest BCUT2D eigenvalue weighted by Gasteiger charge is 2.19. The topological polar surface area (TPSA) is 70.2 Å². The number of unbranched alkanes of at least 4 members (excludes halogenated alkanes) is 2. The molecule has 0 aliphatic carbocycles. The van der Waals surface area contributed by atoms with Crippen molar-refractivity contribution in [2.75, 3.05) is 0 Å². The Kier molecular flexibility index (Phi) is 7.13. The van der Waals surface area contributed by atoms with Gasteiger partial charge >= 0.3 is 0 Å². The predicted molar refractivity (Wildman–Crippen MR) is 162 cm³/mol. The van der Waals surface area contributed by atoms with Crippen LogP contribution in [0.2, 0.25) is 0 Å². The number of fused-ring (bicyclic) bond motifs is 8. The number of H-pyrrole nitrogens is 2. The molecule has 5 nitrogen and oxygen atoms in total. The fourth-order valence-electron chi connectivity index (χ4n) is 5.54. The minimum Gasteiger partial charge on any atom is -0.355 e. The molecule has 3 aromatic rings. The number of hydrogen-bond acceptors (Lipinski definition) is 3. The molecule has 8 bridgehead atoms. The lowest BCUT2D eigenvalue weighted by molar-refractivity contribution is 0.796. The zero-order valence-corrected chi connectivity index (χ0v) is 24.3. The fourth-order valence-corrected chi connectivity index (χ4v) is 5.54. The summed E-state index contributed by atoms with van der Waals surface area (Å²) >= 11 is 0. The van der Waals surface area contributed by atoms with Crippen LogP contribution in [0.1, 0.15) is 113 Å². The van der Waals surface area contributed by atoms with Gasteiger partial charge in [0.25, 0.3) is 0 Å². The molecule has 0 atom stereocenters. The summed E-state index contributed by atoms with van der Waals surface area (Å²) < 4.78 is 0. The minimum atomic E-state index is 0.760. The Hall–Kier alpha value is -3.47. The van der Waals surface area contributed by atoms with Gasteiger partial charge in [-0.25, -0.2) is 15.0 Å². The Morgan fingerprint density at radius 2 is 0.947 bits per heavy atom. The standard InChI is InChI=1S/C33H41N5/c1-9-11-13-24-22(7)28-15-26-18(3)20(5)32(36-26)38-33-21(6)19(4)27(37-33)16-29-23(8)25(14-12-10-2)31(35-29)17-30(24)34-28/h15-17,34-35H,9-14H2,1-8H3. The molecule has 38 heavy (non-hydrogen) atoms. The fraction of sp³-hybridized carbons (Fsp3) is 0.424. The van der Waals surface area contributed by atoms with E-state index in [9.17, 15) is 0 Å². The van der Waals surface area contributed by atoms with Crippen LogP contribution in [0, 0.1) is 13.8 Å². The van der Waals surface area contributed by atoms with Crippen LogP contribution >= 0.6 is 0 Å². The molecule has 0 unspecified atom stereocenters. The number of allylic oxidation sites excluding steroid dienone is 4. The van der Waals surface area contributed by atoms with Crippen LogP contribution in [-0.2, 0) is 12.8 Å². The van der Waals surface area contributed by atoms with Crippen molar-refractivity contribution in [3.05, 3.63) is 63.5 Å². The summed E-state index contributed by atoms with van der Waals surface area (Å²) in [4.78, 5) is 22.5. The van der Waals surface area contributed by atoms with Crippen LogP contribution in [-0.4, -0.2) is 24.9 Å². The van der Waals surface area contributed by atoms with Gasteiger partial charge in [0.05, 0.1) is 11.4 Å². The van der Waals surface area contributed by atoms with Crippen molar-refractivity contribution in [1.29, 1.82) is 0 Å². The predicted octanol–water partition coefficient (Wildman–Crippen LogP) is 8.91. The molecule has 0 fully saturated rings. The second kappa shape index (κ2) is 10.4. The highest BCUT2D eigenvalue weighted by molar-refractivity contribution is 5.92. The third-order valence-corrected chi connectivity index (χ3v) is 8.54.